The molecular weight excluding hydrogens is 432 g/mol. The van der Waals surface area contributed by atoms with Crippen molar-refractivity contribution in [3.8, 4) is 11.1 Å². The highest BCUT2D eigenvalue weighted by Gasteiger charge is 2.23. The quantitative estimate of drug-likeness (QED) is 0.379. The van der Waals surface area contributed by atoms with Crippen LogP contribution in [0.4, 0.5) is 5.00 Å². The second-order valence-electron chi connectivity index (χ2n) is 7.26. The summed E-state index contributed by atoms with van der Waals surface area (Å²) in [7, 11) is 1.34. The molecule has 2 heterocycles. The van der Waals surface area contributed by atoms with Gasteiger partial charge in [-0.15, -0.1) is 21.5 Å². The maximum Gasteiger partial charge on any atom is 0.341 e. The van der Waals surface area contributed by atoms with Crippen molar-refractivity contribution in [3.05, 3.63) is 46.6 Å². The SMILES string of the molecule is CCc1nnc(SCC(=O)Nc2scc(-c3ccc(C)cc3)c2C(=O)OC)n1C(C)C. The average Bonchev–Trinajstić information content (AvgIpc) is 3.36. The number of carbonyl (C=O) groups excluding carboxylic acids is 2. The van der Waals surface area contributed by atoms with Crippen molar-refractivity contribution in [1.82, 2.24) is 14.8 Å². The Balaban J connectivity index is 1.78. The van der Waals surface area contributed by atoms with Gasteiger partial charge in [0.15, 0.2) is 5.16 Å². The highest BCUT2D eigenvalue weighted by atomic mass is 32.2. The second kappa shape index (κ2) is 10.1. The van der Waals surface area contributed by atoms with Crippen molar-refractivity contribution in [3.63, 3.8) is 0 Å². The average molecular weight is 459 g/mol. The van der Waals surface area contributed by atoms with E-state index in [2.05, 4.69) is 29.4 Å². The lowest BCUT2D eigenvalue weighted by Crippen LogP contribution is -2.16. The largest absolute Gasteiger partial charge is 0.465 e. The minimum absolute atomic E-state index is 0.160. The van der Waals surface area contributed by atoms with Crippen molar-refractivity contribution in [2.24, 2.45) is 0 Å². The summed E-state index contributed by atoms with van der Waals surface area (Å²) in [4.78, 5) is 25.1. The van der Waals surface area contributed by atoms with Gasteiger partial charge in [0.2, 0.25) is 5.91 Å². The van der Waals surface area contributed by atoms with Crippen LogP contribution in [0.1, 0.15) is 48.6 Å². The van der Waals surface area contributed by atoms with E-state index in [0.717, 1.165) is 28.9 Å². The summed E-state index contributed by atoms with van der Waals surface area (Å²) in [5, 5.41) is 14.4. The molecule has 0 fully saturated rings. The standard InChI is InChI=1S/C22H26N4O3S2/c1-6-17-24-25-22(26(17)13(2)3)31-12-18(27)23-20-19(21(28)29-5)16(11-30-20)15-9-7-14(4)8-10-15/h7-11,13H,6,12H2,1-5H3,(H,23,27). The number of methoxy groups -OCH3 is 1. The molecule has 0 unspecified atom stereocenters. The number of nitrogens with zero attached hydrogens (tertiary/aromatic N) is 3. The number of amides is 1. The molecule has 0 atom stereocenters. The van der Waals surface area contributed by atoms with Crippen LogP contribution in [0.15, 0.2) is 34.8 Å². The van der Waals surface area contributed by atoms with Gasteiger partial charge in [-0.3, -0.25) is 4.79 Å². The first-order valence-corrected chi connectivity index (χ1v) is 11.9. The van der Waals surface area contributed by atoms with Crippen molar-refractivity contribution < 1.29 is 14.3 Å². The van der Waals surface area contributed by atoms with E-state index >= 15 is 0 Å². The zero-order valence-corrected chi connectivity index (χ0v) is 19.9. The predicted octanol–water partition coefficient (Wildman–Crippen LogP) is 4.98. The molecule has 9 heteroatoms. The zero-order valence-electron chi connectivity index (χ0n) is 18.3. The number of rotatable bonds is 8. The topological polar surface area (TPSA) is 86.1 Å². The number of hydrogen-bond acceptors (Lipinski definition) is 7. The van der Waals surface area contributed by atoms with E-state index in [1.165, 1.54) is 30.2 Å². The Morgan fingerprint density at radius 3 is 2.55 bits per heavy atom. The van der Waals surface area contributed by atoms with Gasteiger partial charge >= 0.3 is 5.97 Å². The van der Waals surface area contributed by atoms with Crippen LogP contribution in [0, 0.1) is 6.92 Å². The Kier molecular flexibility index (Phi) is 7.50. The van der Waals surface area contributed by atoms with Gasteiger partial charge in [0.05, 0.1) is 12.9 Å². The molecule has 0 aliphatic heterocycles. The predicted molar refractivity (Wildman–Crippen MR) is 125 cm³/mol. The second-order valence-corrected chi connectivity index (χ2v) is 9.09. The van der Waals surface area contributed by atoms with Gasteiger partial charge in [0.25, 0.3) is 0 Å². The Hall–Kier alpha value is -2.65. The zero-order chi connectivity index (χ0) is 22.5. The molecule has 0 saturated carbocycles. The Labute approximate surface area is 190 Å². The summed E-state index contributed by atoms with van der Waals surface area (Å²) in [6.45, 7) is 8.16. The third kappa shape index (κ3) is 5.16. The molecule has 7 nitrogen and oxygen atoms in total. The van der Waals surface area contributed by atoms with Crippen LogP contribution in [-0.2, 0) is 16.0 Å². The van der Waals surface area contributed by atoms with Crippen molar-refractivity contribution in [1.29, 1.82) is 0 Å². The third-order valence-electron chi connectivity index (χ3n) is 4.70. The molecule has 3 aromatic rings. The number of thiophene rings is 1. The lowest BCUT2D eigenvalue weighted by molar-refractivity contribution is -0.113. The first-order chi connectivity index (χ1) is 14.8. The monoisotopic (exact) mass is 458 g/mol. The smallest absolute Gasteiger partial charge is 0.341 e. The van der Waals surface area contributed by atoms with Crippen LogP contribution in [-0.4, -0.2) is 39.5 Å². The first kappa shape index (κ1) is 23.0. The highest BCUT2D eigenvalue weighted by molar-refractivity contribution is 7.99. The molecule has 3 rings (SSSR count). The summed E-state index contributed by atoms with van der Waals surface area (Å²) < 4.78 is 7.02. The molecular formula is C22H26N4O3S2. The molecule has 2 aromatic heterocycles. The number of benzene rings is 1. The highest BCUT2D eigenvalue weighted by Crippen LogP contribution is 2.36. The Bertz CT molecular complexity index is 1070. The van der Waals surface area contributed by atoms with E-state index < -0.39 is 5.97 Å². The van der Waals surface area contributed by atoms with E-state index in [1.54, 1.807) is 0 Å². The molecule has 1 aromatic carbocycles. The molecule has 0 radical (unpaired) electrons. The molecule has 164 valence electrons. The number of hydrogen-bond donors (Lipinski definition) is 1. The number of nitrogens with one attached hydrogen (secondary N) is 1. The Morgan fingerprint density at radius 1 is 1.23 bits per heavy atom. The summed E-state index contributed by atoms with van der Waals surface area (Å²) in [5.74, 6) is 0.357. The van der Waals surface area contributed by atoms with Gasteiger partial charge in [0.1, 0.15) is 16.4 Å². The van der Waals surface area contributed by atoms with E-state index in [9.17, 15) is 9.59 Å². The minimum atomic E-state index is -0.480. The molecule has 1 amide bonds. The van der Waals surface area contributed by atoms with Crippen LogP contribution in [0.25, 0.3) is 11.1 Å². The van der Waals surface area contributed by atoms with E-state index in [4.69, 9.17) is 4.74 Å². The van der Waals surface area contributed by atoms with Crippen LogP contribution >= 0.6 is 23.1 Å². The van der Waals surface area contributed by atoms with Crippen LogP contribution in [0.5, 0.6) is 0 Å². The number of aromatic nitrogens is 3. The van der Waals surface area contributed by atoms with Crippen molar-refractivity contribution in [2.75, 3.05) is 18.2 Å². The molecule has 31 heavy (non-hydrogen) atoms. The Morgan fingerprint density at radius 2 is 1.94 bits per heavy atom. The maximum absolute atomic E-state index is 12.7. The maximum atomic E-state index is 12.7. The summed E-state index contributed by atoms with van der Waals surface area (Å²) >= 11 is 2.64. The molecule has 0 aliphatic rings. The number of carbonyl (C=O) groups is 2. The normalized spacial score (nSPS) is 11.0. The van der Waals surface area contributed by atoms with Gasteiger partial charge in [-0.25, -0.2) is 4.79 Å². The lowest BCUT2D eigenvalue weighted by atomic mass is 10.0. The fourth-order valence-electron chi connectivity index (χ4n) is 3.16. The van der Waals surface area contributed by atoms with Crippen molar-refractivity contribution >= 4 is 40.0 Å². The van der Waals surface area contributed by atoms with Gasteiger partial charge in [-0.1, -0.05) is 48.5 Å². The van der Waals surface area contributed by atoms with Gasteiger partial charge < -0.3 is 14.6 Å². The van der Waals surface area contributed by atoms with Gasteiger partial charge in [-0.05, 0) is 26.3 Å². The van der Waals surface area contributed by atoms with E-state index in [0.29, 0.717) is 15.7 Å². The fraction of sp³-hybridized carbons (Fsp3) is 0.364. The minimum Gasteiger partial charge on any atom is -0.465 e. The molecule has 0 spiro atoms. The van der Waals surface area contributed by atoms with Crippen LogP contribution in [0.2, 0.25) is 0 Å². The van der Waals surface area contributed by atoms with E-state index in [1.807, 2.05) is 48.1 Å². The van der Waals surface area contributed by atoms with Gasteiger partial charge in [0, 0.05) is 23.4 Å². The first-order valence-electron chi connectivity index (χ1n) is 9.98. The molecule has 0 aliphatic carbocycles. The van der Waals surface area contributed by atoms with Crippen LogP contribution in [0.3, 0.4) is 0 Å². The summed E-state index contributed by atoms with van der Waals surface area (Å²) in [5.41, 5.74) is 3.14. The fourth-order valence-corrected chi connectivity index (χ4v) is 5.02. The molecule has 1 N–H and O–H groups in total. The van der Waals surface area contributed by atoms with Gasteiger partial charge in [-0.2, -0.15) is 0 Å². The summed E-state index contributed by atoms with van der Waals surface area (Å²) in [6.07, 6.45) is 0.775. The van der Waals surface area contributed by atoms with Crippen molar-refractivity contribution in [2.45, 2.75) is 45.3 Å². The number of thioether (sulfide) groups is 1. The number of ether oxygens (including phenoxy) is 1. The molecule has 0 saturated heterocycles. The van der Waals surface area contributed by atoms with E-state index in [-0.39, 0.29) is 17.7 Å². The number of aryl methyl sites for hydroxylation is 2. The lowest BCUT2D eigenvalue weighted by Gasteiger charge is -2.12. The molecule has 0 bridgehead atoms. The number of esters is 1. The summed E-state index contributed by atoms with van der Waals surface area (Å²) in [6, 6.07) is 8.08. The van der Waals surface area contributed by atoms with Crippen LogP contribution < -0.4 is 5.32 Å². The number of anilines is 1. The third-order valence-corrected chi connectivity index (χ3v) is 6.53.